The van der Waals surface area contributed by atoms with E-state index < -0.39 is 0 Å². The number of nitrogens with zero attached hydrogens (tertiary/aromatic N) is 3. The topological polar surface area (TPSA) is 18.8 Å². The molecule has 2 aromatic rings. The van der Waals surface area contributed by atoms with Crippen molar-refractivity contribution >= 4 is 5.71 Å². The van der Waals surface area contributed by atoms with Gasteiger partial charge in [-0.15, -0.1) is 0 Å². The Labute approximate surface area is 139 Å². The van der Waals surface area contributed by atoms with Crippen molar-refractivity contribution in [1.82, 2.24) is 9.91 Å². The summed E-state index contributed by atoms with van der Waals surface area (Å²) in [5, 5.41) is 6.98. The van der Waals surface area contributed by atoms with Crippen molar-refractivity contribution < 1.29 is 0 Å². The minimum Gasteiger partial charge on any atom is -0.295 e. The van der Waals surface area contributed by atoms with Crippen LogP contribution in [0.25, 0.3) is 0 Å². The van der Waals surface area contributed by atoms with Gasteiger partial charge in [0.2, 0.25) is 0 Å². The summed E-state index contributed by atoms with van der Waals surface area (Å²) >= 11 is 0. The third kappa shape index (κ3) is 4.42. The maximum absolute atomic E-state index is 4.78. The first kappa shape index (κ1) is 15.8. The first-order chi connectivity index (χ1) is 11.2. The SMILES string of the molecule is C/C(=N/N1CCN(Cc2ccc(C)cc2)CC1)c1ccccc1. The molecule has 1 aliphatic heterocycles. The standard InChI is InChI=1S/C20H25N3/c1-17-8-10-19(11-9-17)16-22-12-14-23(15-13-22)21-18(2)20-6-4-3-5-7-20/h3-11H,12-16H2,1-2H3/b21-18-. The fraction of sp³-hybridized carbons (Fsp3) is 0.350. The maximum Gasteiger partial charge on any atom is 0.0646 e. The fourth-order valence-electron chi connectivity index (χ4n) is 2.90. The van der Waals surface area contributed by atoms with Crippen LogP contribution in [-0.4, -0.2) is 41.8 Å². The summed E-state index contributed by atoms with van der Waals surface area (Å²) in [6.45, 7) is 9.39. The Kier molecular flexibility index (Phi) is 5.09. The molecule has 1 fully saturated rings. The molecule has 120 valence electrons. The van der Waals surface area contributed by atoms with Gasteiger partial charge in [0.05, 0.1) is 5.71 Å². The third-order valence-corrected chi connectivity index (χ3v) is 4.36. The summed E-state index contributed by atoms with van der Waals surface area (Å²) < 4.78 is 0. The van der Waals surface area contributed by atoms with Gasteiger partial charge >= 0.3 is 0 Å². The van der Waals surface area contributed by atoms with E-state index in [2.05, 4.69) is 72.3 Å². The number of piperazine rings is 1. The van der Waals surface area contributed by atoms with E-state index in [0.717, 1.165) is 38.4 Å². The van der Waals surface area contributed by atoms with Gasteiger partial charge < -0.3 is 0 Å². The molecule has 0 spiro atoms. The lowest BCUT2D eigenvalue weighted by atomic mass is 10.1. The quantitative estimate of drug-likeness (QED) is 0.805. The summed E-state index contributed by atoms with van der Waals surface area (Å²) in [4.78, 5) is 2.51. The highest BCUT2D eigenvalue weighted by Crippen LogP contribution is 2.11. The molecule has 3 rings (SSSR count). The summed E-state index contributed by atoms with van der Waals surface area (Å²) in [5.41, 5.74) is 5.02. The molecule has 0 amide bonds. The van der Waals surface area contributed by atoms with Crippen molar-refractivity contribution in [3.8, 4) is 0 Å². The van der Waals surface area contributed by atoms with Crippen LogP contribution in [0, 0.1) is 6.92 Å². The molecule has 1 heterocycles. The van der Waals surface area contributed by atoms with Gasteiger partial charge in [0.25, 0.3) is 0 Å². The highest BCUT2D eigenvalue weighted by atomic mass is 15.5. The lowest BCUT2D eigenvalue weighted by Crippen LogP contribution is -2.43. The Morgan fingerprint density at radius 2 is 1.57 bits per heavy atom. The minimum atomic E-state index is 0.996. The molecule has 0 radical (unpaired) electrons. The van der Waals surface area contributed by atoms with Gasteiger partial charge in [0.1, 0.15) is 0 Å². The van der Waals surface area contributed by atoms with Crippen LogP contribution in [0.2, 0.25) is 0 Å². The molecule has 0 bridgehead atoms. The van der Waals surface area contributed by atoms with Crippen molar-refractivity contribution in [3.05, 3.63) is 71.3 Å². The van der Waals surface area contributed by atoms with E-state index in [1.165, 1.54) is 16.7 Å². The Morgan fingerprint density at radius 3 is 2.22 bits per heavy atom. The smallest absolute Gasteiger partial charge is 0.0646 e. The Hall–Kier alpha value is -2.13. The molecular formula is C20H25N3. The summed E-state index contributed by atoms with van der Waals surface area (Å²) in [6.07, 6.45) is 0. The molecule has 3 nitrogen and oxygen atoms in total. The van der Waals surface area contributed by atoms with Crippen LogP contribution in [0.1, 0.15) is 23.6 Å². The molecule has 0 atom stereocenters. The molecular weight excluding hydrogens is 282 g/mol. The van der Waals surface area contributed by atoms with Crippen LogP contribution in [-0.2, 0) is 6.54 Å². The first-order valence-corrected chi connectivity index (χ1v) is 8.34. The molecule has 0 N–H and O–H groups in total. The van der Waals surface area contributed by atoms with E-state index in [4.69, 9.17) is 5.10 Å². The van der Waals surface area contributed by atoms with Crippen LogP contribution in [0.15, 0.2) is 59.7 Å². The van der Waals surface area contributed by atoms with Gasteiger partial charge in [-0.05, 0) is 25.0 Å². The lowest BCUT2D eigenvalue weighted by Gasteiger charge is -2.33. The Bertz CT molecular complexity index is 638. The molecule has 3 heteroatoms. The van der Waals surface area contributed by atoms with E-state index in [0.29, 0.717) is 0 Å². The first-order valence-electron chi connectivity index (χ1n) is 8.34. The minimum absolute atomic E-state index is 0.996. The van der Waals surface area contributed by atoms with Crippen LogP contribution in [0.3, 0.4) is 0 Å². The molecule has 0 aromatic heterocycles. The molecule has 0 aliphatic carbocycles. The molecule has 1 aliphatic rings. The second kappa shape index (κ2) is 7.42. The summed E-state index contributed by atoms with van der Waals surface area (Å²) in [7, 11) is 0. The van der Waals surface area contributed by atoms with Crippen molar-refractivity contribution in [2.75, 3.05) is 26.2 Å². The van der Waals surface area contributed by atoms with Gasteiger partial charge in [-0.3, -0.25) is 9.91 Å². The number of hydrogen-bond donors (Lipinski definition) is 0. The number of rotatable bonds is 4. The second-order valence-electron chi connectivity index (χ2n) is 6.27. The largest absolute Gasteiger partial charge is 0.295 e. The summed E-state index contributed by atoms with van der Waals surface area (Å²) in [5.74, 6) is 0. The number of aryl methyl sites for hydroxylation is 1. The molecule has 1 saturated heterocycles. The molecule has 0 saturated carbocycles. The van der Waals surface area contributed by atoms with Gasteiger partial charge in [0.15, 0.2) is 0 Å². The highest BCUT2D eigenvalue weighted by Gasteiger charge is 2.16. The van der Waals surface area contributed by atoms with Crippen LogP contribution < -0.4 is 0 Å². The van der Waals surface area contributed by atoms with Gasteiger partial charge in [-0.2, -0.15) is 5.10 Å². The number of benzene rings is 2. The zero-order valence-electron chi connectivity index (χ0n) is 14.1. The van der Waals surface area contributed by atoms with Crippen LogP contribution in [0.5, 0.6) is 0 Å². The molecule has 2 aromatic carbocycles. The maximum atomic E-state index is 4.78. The van der Waals surface area contributed by atoms with E-state index >= 15 is 0 Å². The van der Waals surface area contributed by atoms with Gasteiger partial charge in [-0.25, -0.2) is 0 Å². The van der Waals surface area contributed by atoms with Crippen LogP contribution >= 0.6 is 0 Å². The van der Waals surface area contributed by atoms with Crippen molar-refractivity contribution in [1.29, 1.82) is 0 Å². The third-order valence-electron chi connectivity index (χ3n) is 4.36. The zero-order chi connectivity index (χ0) is 16.1. The van der Waals surface area contributed by atoms with Crippen molar-refractivity contribution in [3.63, 3.8) is 0 Å². The average molecular weight is 307 g/mol. The zero-order valence-corrected chi connectivity index (χ0v) is 14.1. The molecule has 23 heavy (non-hydrogen) atoms. The lowest BCUT2D eigenvalue weighted by molar-refractivity contribution is 0.130. The average Bonchev–Trinajstić information content (AvgIpc) is 2.59. The normalized spacial score (nSPS) is 16.6. The molecule has 0 unspecified atom stereocenters. The van der Waals surface area contributed by atoms with Crippen molar-refractivity contribution in [2.45, 2.75) is 20.4 Å². The van der Waals surface area contributed by atoms with Gasteiger partial charge in [0, 0.05) is 32.7 Å². The Morgan fingerprint density at radius 1 is 0.913 bits per heavy atom. The predicted molar refractivity (Wildman–Crippen MR) is 96.7 cm³/mol. The fourth-order valence-corrected chi connectivity index (χ4v) is 2.90. The monoisotopic (exact) mass is 307 g/mol. The number of hydrazone groups is 1. The summed E-state index contributed by atoms with van der Waals surface area (Å²) in [6, 6.07) is 19.3. The Balaban J connectivity index is 1.53. The van der Waals surface area contributed by atoms with E-state index in [1.807, 2.05) is 6.07 Å². The van der Waals surface area contributed by atoms with E-state index in [9.17, 15) is 0 Å². The van der Waals surface area contributed by atoms with Gasteiger partial charge in [-0.1, -0.05) is 60.2 Å². The van der Waals surface area contributed by atoms with E-state index in [-0.39, 0.29) is 0 Å². The van der Waals surface area contributed by atoms with Crippen molar-refractivity contribution in [2.24, 2.45) is 5.10 Å². The predicted octanol–water partition coefficient (Wildman–Crippen LogP) is 3.54. The second-order valence-corrected chi connectivity index (χ2v) is 6.27. The van der Waals surface area contributed by atoms with Crippen LogP contribution in [0.4, 0.5) is 0 Å². The van der Waals surface area contributed by atoms with E-state index in [1.54, 1.807) is 0 Å². The number of hydrogen-bond acceptors (Lipinski definition) is 3. The highest BCUT2D eigenvalue weighted by molar-refractivity contribution is 5.98.